The summed E-state index contributed by atoms with van der Waals surface area (Å²) in [6, 6.07) is 9.54. The van der Waals surface area contributed by atoms with E-state index in [0.717, 1.165) is 0 Å². The number of hydrogen-bond acceptors (Lipinski definition) is 6. The molecule has 0 aromatic carbocycles. The Kier molecular flexibility index (Phi) is 3.82. The molecule has 0 aliphatic carbocycles. The lowest BCUT2D eigenvalue weighted by atomic mass is 10.3. The van der Waals surface area contributed by atoms with Crippen LogP contribution in [-0.4, -0.2) is 29.9 Å². The van der Waals surface area contributed by atoms with E-state index in [9.17, 15) is 9.59 Å². The van der Waals surface area contributed by atoms with E-state index in [1.54, 1.807) is 53.3 Å². The fourth-order valence-electron chi connectivity index (χ4n) is 2.59. The van der Waals surface area contributed by atoms with Crippen molar-refractivity contribution < 1.29 is 14.9 Å². The molecule has 0 aliphatic rings. The van der Waals surface area contributed by atoms with Crippen molar-refractivity contribution in [3.63, 3.8) is 0 Å². The van der Waals surface area contributed by atoms with Crippen LogP contribution in [0.15, 0.2) is 59.8 Å². The van der Waals surface area contributed by atoms with Crippen LogP contribution in [0.1, 0.15) is 16.2 Å². The van der Waals surface area contributed by atoms with Crippen LogP contribution in [0.5, 0.6) is 5.75 Å². The van der Waals surface area contributed by atoms with Gasteiger partial charge in [-0.2, -0.15) is 0 Å². The fraction of sp³-hybridized carbons (Fsp3) is 0.0588. The largest absolute Gasteiger partial charge is 0.345 e. The molecule has 0 saturated heterocycles. The number of fused-ring (bicyclic) bond motifs is 2. The minimum atomic E-state index is -0.468. The van der Waals surface area contributed by atoms with Crippen molar-refractivity contribution in [3.05, 3.63) is 76.7 Å². The van der Waals surface area contributed by atoms with Crippen molar-refractivity contribution in [2.45, 2.75) is 6.54 Å². The molecular formula is C17H13N5O4. The predicted molar refractivity (Wildman–Crippen MR) is 91.1 cm³/mol. The van der Waals surface area contributed by atoms with E-state index >= 15 is 0 Å². The third-order valence-corrected chi connectivity index (χ3v) is 3.81. The molecule has 4 rings (SSSR count). The second kappa shape index (κ2) is 6.30. The molecule has 9 nitrogen and oxygen atoms in total. The highest BCUT2D eigenvalue weighted by Crippen LogP contribution is 2.13. The first-order valence-corrected chi connectivity index (χ1v) is 7.70. The molecule has 130 valence electrons. The summed E-state index contributed by atoms with van der Waals surface area (Å²) in [6.07, 6.45) is 4.84. The molecule has 0 bridgehead atoms. The van der Waals surface area contributed by atoms with E-state index in [1.165, 1.54) is 10.5 Å². The summed E-state index contributed by atoms with van der Waals surface area (Å²) in [5.74, 6) is -0.198. The lowest BCUT2D eigenvalue weighted by Gasteiger charge is -2.04. The molecule has 0 aliphatic heterocycles. The number of carbonyl (C=O) groups is 1. The van der Waals surface area contributed by atoms with Gasteiger partial charge in [-0.05, 0) is 24.3 Å². The average molecular weight is 351 g/mol. The van der Waals surface area contributed by atoms with Crippen molar-refractivity contribution in [3.8, 4) is 5.75 Å². The van der Waals surface area contributed by atoms with Crippen LogP contribution in [0.3, 0.4) is 0 Å². The molecule has 0 unspecified atom stereocenters. The summed E-state index contributed by atoms with van der Waals surface area (Å²) in [5, 5.41) is 11.4. The summed E-state index contributed by atoms with van der Waals surface area (Å²) in [6.45, 7) is 0.158. The SMILES string of the molecule is O=C(NCc1cn2cc(OO)ccc2n1)c1cc(=O)n2ccccc2n1. The molecule has 1 amide bonds. The molecule has 2 N–H and O–H groups in total. The Morgan fingerprint density at radius 2 is 2.04 bits per heavy atom. The number of rotatable bonds is 4. The van der Waals surface area contributed by atoms with Gasteiger partial charge < -0.3 is 14.6 Å². The first-order valence-electron chi connectivity index (χ1n) is 7.70. The van der Waals surface area contributed by atoms with Gasteiger partial charge in [0.1, 0.15) is 17.0 Å². The standard InChI is InChI=1S/C17H13N5O4/c23-16-7-13(20-15-3-1-2-6-22(15)16)17(24)18-8-11-9-21-10-12(26-25)4-5-14(21)19-11/h1-7,9-10,25H,8H2,(H,18,24). The average Bonchev–Trinajstić information content (AvgIpc) is 3.08. The van der Waals surface area contributed by atoms with Gasteiger partial charge >= 0.3 is 0 Å². The number of nitrogens with zero attached hydrogens (tertiary/aromatic N) is 4. The van der Waals surface area contributed by atoms with Gasteiger partial charge in [0.2, 0.25) is 0 Å². The second-order valence-corrected chi connectivity index (χ2v) is 5.54. The Morgan fingerprint density at radius 3 is 2.88 bits per heavy atom. The van der Waals surface area contributed by atoms with Gasteiger partial charge in [0.05, 0.1) is 18.4 Å². The van der Waals surface area contributed by atoms with Crippen LogP contribution in [0, 0.1) is 0 Å². The van der Waals surface area contributed by atoms with E-state index in [-0.39, 0.29) is 23.5 Å². The number of pyridine rings is 2. The Labute approximate surface area is 146 Å². The van der Waals surface area contributed by atoms with Gasteiger partial charge in [-0.15, -0.1) is 0 Å². The fourth-order valence-corrected chi connectivity index (χ4v) is 2.59. The van der Waals surface area contributed by atoms with Crippen LogP contribution in [0.25, 0.3) is 11.3 Å². The maximum atomic E-state index is 12.3. The van der Waals surface area contributed by atoms with Gasteiger partial charge in [0.15, 0.2) is 5.75 Å². The molecule has 9 heteroatoms. The maximum absolute atomic E-state index is 12.3. The summed E-state index contributed by atoms with van der Waals surface area (Å²) in [7, 11) is 0. The third-order valence-electron chi connectivity index (χ3n) is 3.81. The Bertz CT molecular complexity index is 1180. The molecule has 26 heavy (non-hydrogen) atoms. The topological polar surface area (TPSA) is 110 Å². The third kappa shape index (κ3) is 2.87. The van der Waals surface area contributed by atoms with Crippen molar-refractivity contribution >= 4 is 17.2 Å². The summed E-state index contributed by atoms with van der Waals surface area (Å²) in [4.78, 5) is 37.1. The van der Waals surface area contributed by atoms with Crippen molar-refractivity contribution in [1.29, 1.82) is 0 Å². The number of nitrogens with one attached hydrogen (secondary N) is 1. The zero-order chi connectivity index (χ0) is 18.1. The number of amides is 1. The minimum absolute atomic E-state index is 0.0425. The molecule has 0 spiro atoms. The van der Waals surface area contributed by atoms with Crippen LogP contribution in [-0.2, 0) is 6.54 Å². The molecule has 0 radical (unpaired) electrons. The summed E-state index contributed by atoms with van der Waals surface area (Å²) in [5.41, 5.74) is 1.35. The van der Waals surface area contributed by atoms with Gasteiger partial charge in [-0.3, -0.25) is 14.0 Å². The van der Waals surface area contributed by atoms with Crippen LogP contribution in [0.4, 0.5) is 0 Å². The van der Waals surface area contributed by atoms with E-state index < -0.39 is 5.91 Å². The monoisotopic (exact) mass is 351 g/mol. The quantitative estimate of drug-likeness (QED) is 0.421. The summed E-state index contributed by atoms with van der Waals surface area (Å²) < 4.78 is 3.02. The highest BCUT2D eigenvalue weighted by Gasteiger charge is 2.11. The lowest BCUT2D eigenvalue weighted by molar-refractivity contribution is -0.137. The number of imidazole rings is 1. The number of carbonyl (C=O) groups excluding carboxylic acids is 1. The molecular weight excluding hydrogens is 338 g/mol. The van der Waals surface area contributed by atoms with Crippen LogP contribution >= 0.6 is 0 Å². The van der Waals surface area contributed by atoms with E-state index in [0.29, 0.717) is 17.0 Å². The zero-order valence-electron chi connectivity index (χ0n) is 13.4. The van der Waals surface area contributed by atoms with Gasteiger partial charge in [0.25, 0.3) is 11.5 Å². The predicted octanol–water partition coefficient (Wildman–Crippen LogP) is 1.12. The van der Waals surface area contributed by atoms with Crippen molar-refractivity contribution in [1.82, 2.24) is 24.1 Å². The Balaban J connectivity index is 1.54. The van der Waals surface area contributed by atoms with E-state index in [4.69, 9.17) is 5.26 Å². The van der Waals surface area contributed by atoms with Crippen LogP contribution < -0.4 is 15.8 Å². The van der Waals surface area contributed by atoms with Crippen molar-refractivity contribution in [2.75, 3.05) is 0 Å². The second-order valence-electron chi connectivity index (χ2n) is 5.54. The molecule has 0 atom stereocenters. The highest BCUT2D eigenvalue weighted by molar-refractivity contribution is 5.92. The number of hydrogen-bond donors (Lipinski definition) is 2. The Morgan fingerprint density at radius 1 is 1.15 bits per heavy atom. The molecule has 4 heterocycles. The lowest BCUT2D eigenvalue weighted by Crippen LogP contribution is -2.27. The van der Waals surface area contributed by atoms with Crippen molar-refractivity contribution in [2.24, 2.45) is 0 Å². The van der Waals surface area contributed by atoms with E-state index in [1.807, 2.05) is 0 Å². The molecule has 4 aromatic heterocycles. The minimum Gasteiger partial charge on any atom is -0.345 e. The summed E-state index contributed by atoms with van der Waals surface area (Å²) >= 11 is 0. The van der Waals surface area contributed by atoms with Crippen LogP contribution in [0.2, 0.25) is 0 Å². The first-order chi connectivity index (χ1) is 12.6. The highest BCUT2D eigenvalue weighted by atomic mass is 17.1. The maximum Gasteiger partial charge on any atom is 0.270 e. The molecule has 0 fully saturated rings. The Hall–Kier alpha value is -3.72. The van der Waals surface area contributed by atoms with Gasteiger partial charge in [-0.1, -0.05) is 6.07 Å². The molecule has 0 saturated carbocycles. The normalized spacial score (nSPS) is 11.0. The first kappa shape index (κ1) is 15.8. The van der Waals surface area contributed by atoms with Gasteiger partial charge in [-0.25, -0.2) is 15.2 Å². The smallest absolute Gasteiger partial charge is 0.270 e. The zero-order valence-corrected chi connectivity index (χ0v) is 13.4. The molecule has 4 aromatic rings. The van der Waals surface area contributed by atoms with Gasteiger partial charge in [0, 0.05) is 18.5 Å². The van der Waals surface area contributed by atoms with E-state index in [2.05, 4.69) is 20.2 Å². The number of aromatic nitrogens is 4.